The summed E-state index contributed by atoms with van der Waals surface area (Å²) in [5.41, 5.74) is -1.06. The van der Waals surface area contributed by atoms with E-state index in [0.29, 0.717) is 0 Å². The molecule has 1 aromatic rings. The van der Waals surface area contributed by atoms with E-state index in [0.717, 1.165) is 0 Å². The Morgan fingerprint density at radius 2 is 1.87 bits per heavy atom. The highest BCUT2D eigenvalue weighted by atomic mass is 16.3. The molecular formula is C12H14O3. The average Bonchev–Trinajstić information content (AvgIpc) is 2.15. The second-order valence-corrected chi connectivity index (χ2v) is 3.88. The van der Waals surface area contributed by atoms with Gasteiger partial charge in [-0.1, -0.05) is 18.7 Å². The van der Waals surface area contributed by atoms with Crippen LogP contribution in [0, 0.1) is 0 Å². The highest BCUT2D eigenvalue weighted by Crippen LogP contribution is 2.23. The summed E-state index contributed by atoms with van der Waals surface area (Å²) in [5, 5.41) is 19.1. The third-order valence-electron chi connectivity index (χ3n) is 2.16. The first-order valence-corrected chi connectivity index (χ1v) is 4.58. The predicted molar refractivity (Wildman–Crippen MR) is 57.9 cm³/mol. The van der Waals surface area contributed by atoms with Gasteiger partial charge in [0.1, 0.15) is 5.75 Å². The molecule has 1 rings (SSSR count). The standard InChI is InChI=1S/C12H14O3/c1-8(12(2,3)15)11(14)9-6-4-5-7-10(9)13/h4-7,13,15H,1H2,2-3H3. The van der Waals surface area contributed by atoms with Crippen molar-refractivity contribution in [2.75, 3.05) is 0 Å². The van der Waals surface area contributed by atoms with Crippen LogP contribution >= 0.6 is 0 Å². The van der Waals surface area contributed by atoms with E-state index in [4.69, 9.17) is 0 Å². The van der Waals surface area contributed by atoms with Crippen LogP contribution in [0.1, 0.15) is 24.2 Å². The van der Waals surface area contributed by atoms with E-state index in [2.05, 4.69) is 6.58 Å². The third kappa shape index (κ3) is 2.44. The number of carbonyl (C=O) groups is 1. The molecule has 0 heterocycles. The maximum absolute atomic E-state index is 11.8. The molecule has 80 valence electrons. The van der Waals surface area contributed by atoms with Crippen molar-refractivity contribution in [2.24, 2.45) is 0 Å². The van der Waals surface area contributed by atoms with Gasteiger partial charge in [-0.2, -0.15) is 0 Å². The molecule has 0 bridgehead atoms. The topological polar surface area (TPSA) is 57.5 Å². The van der Waals surface area contributed by atoms with Crippen molar-refractivity contribution in [2.45, 2.75) is 19.4 Å². The average molecular weight is 206 g/mol. The number of phenolic OH excluding ortho intramolecular Hbond substituents is 1. The van der Waals surface area contributed by atoms with Crippen molar-refractivity contribution >= 4 is 5.78 Å². The molecule has 2 N–H and O–H groups in total. The first-order chi connectivity index (χ1) is 6.84. The molecule has 0 radical (unpaired) electrons. The van der Waals surface area contributed by atoms with Gasteiger partial charge in [0.25, 0.3) is 0 Å². The molecule has 1 aromatic carbocycles. The fourth-order valence-electron chi connectivity index (χ4n) is 1.11. The zero-order valence-electron chi connectivity index (χ0n) is 8.82. The third-order valence-corrected chi connectivity index (χ3v) is 2.16. The molecule has 3 nitrogen and oxygen atoms in total. The summed E-state index contributed by atoms with van der Waals surface area (Å²) in [7, 11) is 0. The van der Waals surface area contributed by atoms with Crippen molar-refractivity contribution in [3.63, 3.8) is 0 Å². The predicted octanol–water partition coefficient (Wildman–Crippen LogP) is 1.90. The Morgan fingerprint density at radius 3 is 2.33 bits per heavy atom. The quantitative estimate of drug-likeness (QED) is 0.586. The van der Waals surface area contributed by atoms with Crippen LogP contribution in [0.25, 0.3) is 0 Å². The number of rotatable bonds is 3. The number of phenols is 1. The van der Waals surface area contributed by atoms with Crippen molar-refractivity contribution in [3.05, 3.63) is 42.0 Å². The van der Waals surface area contributed by atoms with Crippen LogP contribution in [-0.4, -0.2) is 21.6 Å². The summed E-state index contributed by atoms with van der Waals surface area (Å²) in [5.74, 6) is -0.548. The van der Waals surface area contributed by atoms with Crippen molar-refractivity contribution in [3.8, 4) is 5.75 Å². The van der Waals surface area contributed by atoms with Gasteiger partial charge in [0.05, 0.1) is 11.2 Å². The number of ketones is 1. The molecule has 0 spiro atoms. The molecule has 0 aliphatic rings. The first-order valence-electron chi connectivity index (χ1n) is 4.58. The van der Waals surface area contributed by atoms with E-state index in [9.17, 15) is 15.0 Å². The number of aliphatic hydroxyl groups is 1. The Bertz CT molecular complexity index is 400. The minimum Gasteiger partial charge on any atom is -0.507 e. The lowest BCUT2D eigenvalue weighted by Gasteiger charge is -2.19. The summed E-state index contributed by atoms with van der Waals surface area (Å²) in [6.07, 6.45) is 0. The van der Waals surface area contributed by atoms with Crippen LogP contribution < -0.4 is 0 Å². The van der Waals surface area contributed by atoms with Gasteiger partial charge < -0.3 is 10.2 Å². The number of benzene rings is 1. The van der Waals surface area contributed by atoms with Crippen LogP contribution in [0.3, 0.4) is 0 Å². The van der Waals surface area contributed by atoms with Gasteiger partial charge in [-0.05, 0) is 26.0 Å². The molecule has 3 heteroatoms. The minimum atomic E-state index is -1.28. The minimum absolute atomic E-state index is 0.0593. The zero-order valence-corrected chi connectivity index (χ0v) is 8.82. The van der Waals surface area contributed by atoms with Crippen molar-refractivity contribution < 1.29 is 15.0 Å². The molecule has 0 aliphatic heterocycles. The van der Waals surface area contributed by atoms with Crippen molar-refractivity contribution in [1.82, 2.24) is 0 Å². The van der Waals surface area contributed by atoms with Gasteiger partial charge >= 0.3 is 0 Å². The maximum Gasteiger partial charge on any atom is 0.194 e. The highest BCUT2D eigenvalue weighted by Gasteiger charge is 2.25. The molecule has 0 amide bonds. The second-order valence-electron chi connectivity index (χ2n) is 3.88. The summed E-state index contributed by atoms with van der Waals surface area (Å²) >= 11 is 0. The number of hydrogen-bond donors (Lipinski definition) is 2. The smallest absolute Gasteiger partial charge is 0.194 e. The number of carbonyl (C=O) groups excluding carboxylic acids is 1. The van der Waals surface area contributed by atoms with E-state index in [1.807, 2.05) is 0 Å². The summed E-state index contributed by atoms with van der Waals surface area (Å²) in [6.45, 7) is 6.49. The van der Waals surface area contributed by atoms with E-state index in [-0.39, 0.29) is 16.9 Å². The molecular weight excluding hydrogens is 192 g/mol. The molecule has 0 aromatic heterocycles. The number of aromatic hydroxyl groups is 1. The maximum atomic E-state index is 11.8. The van der Waals surface area contributed by atoms with Gasteiger partial charge in [0, 0.05) is 5.57 Å². The lowest BCUT2D eigenvalue weighted by Crippen LogP contribution is -2.26. The van der Waals surface area contributed by atoms with Crippen LogP contribution in [0.2, 0.25) is 0 Å². The van der Waals surface area contributed by atoms with E-state index < -0.39 is 11.4 Å². The summed E-state index contributed by atoms with van der Waals surface area (Å²) in [6, 6.07) is 6.18. The Hall–Kier alpha value is -1.61. The van der Waals surface area contributed by atoms with Gasteiger partial charge in [0.15, 0.2) is 5.78 Å². The molecule has 0 atom stereocenters. The molecule has 0 fully saturated rings. The first kappa shape index (κ1) is 11.5. The van der Waals surface area contributed by atoms with E-state index >= 15 is 0 Å². The van der Waals surface area contributed by atoms with E-state index in [1.54, 1.807) is 12.1 Å². The van der Waals surface area contributed by atoms with Crippen molar-refractivity contribution in [1.29, 1.82) is 0 Å². The monoisotopic (exact) mass is 206 g/mol. The normalized spacial score (nSPS) is 11.1. The summed E-state index contributed by atoms with van der Waals surface area (Å²) < 4.78 is 0. The van der Waals surface area contributed by atoms with Crippen LogP contribution in [0.5, 0.6) is 5.75 Å². The Balaban J connectivity index is 3.07. The lowest BCUT2D eigenvalue weighted by atomic mass is 9.92. The zero-order chi connectivity index (χ0) is 11.6. The Morgan fingerprint density at radius 1 is 1.33 bits per heavy atom. The van der Waals surface area contributed by atoms with Gasteiger partial charge in [-0.15, -0.1) is 0 Å². The van der Waals surface area contributed by atoms with Crippen LogP contribution in [-0.2, 0) is 0 Å². The largest absolute Gasteiger partial charge is 0.507 e. The van der Waals surface area contributed by atoms with Gasteiger partial charge in [0.2, 0.25) is 0 Å². The molecule has 0 aliphatic carbocycles. The van der Waals surface area contributed by atoms with Gasteiger partial charge in [-0.3, -0.25) is 4.79 Å². The fraction of sp³-hybridized carbons (Fsp3) is 0.250. The second kappa shape index (κ2) is 3.87. The number of para-hydroxylation sites is 1. The highest BCUT2D eigenvalue weighted by molar-refractivity contribution is 6.11. The number of hydrogen-bond acceptors (Lipinski definition) is 3. The van der Waals surface area contributed by atoms with Crippen LogP contribution in [0.4, 0.5) is 0 Å². The van der Waals surface area contributed by atoms with Gasteiger partial charge in [-0.25, -0.2) is 0 Å². The Kier molecular flexibility index (Phi) is 2.95. The lowest BCUT2D eigenvalue weighted by molar-refractivity contribution is 0.0870. The summed E-state index contributed by atoms with van der Waals surface area (Å²) in [4.78, 5) is 11.8. The Labute approximate surface area is 88.7 Å². The molecule has 0 saturated carbocycles. The number of Topliss-reactive ketones (excluding diaryl/α,β-unsaturated/α-hetero) is 1. The molecule has 15 heavy (non-hydrogen) atoms. The van der Waals surface area contributed by atoms with Crippen LogP contribution in [0.15, 0.2) is 36.4 Å². The van der Waals surface area contributed by atoms with E-state index in [1.165, 1.54) is 26.0 Å². The molecule has 0 unspecified atom stereocenters. The molecule has 0 saturated heterocycles. The fourth-order valence-corrected chi connectivity index (χ4v) is 1.11. The SMILES string of the molecule is C=C(C(=O)c1ccccc1O)C(C)(C)O.